The average molecular weight is 403 g/mol. The molecule has 0 bridgehead atoms. The number of benzene rings is 2. The number of nitrogens with zero attached hydrogens (tertiary/aromatic N) is 1. The second-order valence-corrected chi connectivity index (χ2v) is 7.68. The molecule has 1 atom stereocenters. The number of aliphatic hydroxyl groups excluding tert-OH is 1. The van der Waals surface area contributed by atoms with Gasteiger partial charge in [-0.1, -0.05) is 42.5 Å². The summed E-state index contributed by atoms with van der Waals surface area (Å²) in [6.45, 7) is 1.71. The van der Waals surface area contributed by atoms with Crippen molar-refractivity contribution >= 4 is 39.9 Å². The number of aromatic carboxylic acids is 1. The summed E-state index contributed by atoms with van der Waals surface area (Å²) in [6.07, 6.45) is 0. The molecule has 2 aromatic carbocycles. The monoisotopic (exact) mass is 403 g/mol. The van der Waals surface area contributed by atoms with Gasteiger partial charge in [0.2, 0.25) is 0 Å². The van der Waals surface area contributed by atoms with Crippen LogP contribution < -0.4 is 4.31 Å². The number of carboxylic acids is 1. The van der Waals surface area contributed by atoms with E-state index in [-0.39, 0.29) is 17.2 Å². The Morgan fingerprint density at radius 2 is 1.78 bits per heavy atom. The fraction of sp³-hybridized carbons (Fsp3) is 0.105. The van der Waals surface area contributed by atoms with Gasteiger partial charge >= 0.3 is 5.97 Å². The molecule has 0 saturated heterocycles. The lowest BCUT2D eigenvalue weighted by molar-refractivity contribution is 0.0703. The molecule has 1 heterocycles. The second-order valence-electron chi connectivity index (χ2n) is 5.80. The first-order chi connectivity index (χ1) is 12.9. The predicted molar refractivity (Wildman–Crippen MR) is 107 cm³/mol. The van der Waals surface area contributed by atoms with Gasteiger partial charge in [-0.2, -0.15) is 0 Å². The summed E-state index contributed by atoms with van der Waals surface area (Å²) in [5.41, 5.74) is 2.87. The van der Waals surface area contributed by atoms with E-state index in [1.165, 1.54) is 0 Å². The van der Waals surface area contributed by atoms with Crippen LogP contribution in [0.3, 0.4) is 0 Å². The van der Waals surface area contributed by atoms with Crippen molar-refractivity contribution in [2.45, 2.75) is 13.5 Å². The number of aryl methyl sites for hydroxylation is 1. The zero-order valence-electron chi connectivity index (χ0n) is 14.3. The highest BCUT2D eigenvalue weighted by atomic mass is 32.2. The third kappa shape index (κ3) is 3.93. The van der Waals surface area contributed by atoms with E-state index in [1.807, 2.05) is 0 Å². The maximum absolute atomic E-state index is 12.1. The van der Waals surface area contributed by atoms with Gasteiger partial charge in [-0.3, -0.25) is 4.55 Å². The van der Waals surface area contributed by atoms with Gasteiger partial charge in [0.25, 0.3) is 11.3 Å². The zero-order chi connectivity index (χ0) is 19.6. The molecular weight excluding hydrogens is 386 g/mol. The molecule has 0 fully saturated rings. The molecule has 27 heavy (non-hydrogen) atoms. The Hall–Kier alpha value is -2.52. The number of anilines is 2. The summed E-state index contributed by atoms with van der Waals surface area (Å²) in [7, 11) is 0. The number of rotatable bonds is 6. The van der Waals surface area contributed by atoms with Crippen molar-refractivity contribution in [1.29, 1.82) is 0 Å². The standard InChI is InChI=1S/C19H17NO5S2/c1-12-4-2-3-5-15(12)20(27(24)25)16-10-17(26-18(16)19(22)23)14-8-6-13(11-21)7-9-14/h2-10,21H,11H2,1H3,(H,22,23)(H,24,25). The van der Waals surface area contributed by atoms with Crippen LogP contribution in [0.2, 0.25) is 0 Å². The Kier molecular flexibility index (Phi) is 5.71. The smallest absolute Gasteiger partial charge is 0.348 e. The number of hydrogen-bond donors (Lipinski definition) is 3. The van der Waals surface area contributed by atoms with Crippen LogP contribution in [0.25, 0.3) is 10.4 Å². The molecule has 0 aliphatic heterocycles. The largest absolute Gasteiger partial charge is 0.477 e. The SMILES string of the molecule is Cc1ccccc1N(c1cc(-c2ccc(CO)cc2)sc1C(=O)O)S(=O)O. The van der Waals surface area contributed by atoms with Crippen LogP contribution >= 0.6 is 11.3 Å². The number of carbonyl (C=O) groups is 1. The van der Waals surface area contributed by atoms with E-state index in [2.05, 4.69) is 0 Å². The van der Waals surface area contributed by atoms with E-state index in [1.54, 1.807) is 61.5 Å². The number of hydrogen-bond acceptors (Lipinski definition) is 4. The first-order valence-electron chi connectivity index (χ1n) is 7.96. The molecule has 1 aromatic heterocycles. The Balaban J connectivity index is 2.15. The Labute approximate surface area is 162 Å². The molecular formula is C19H17NO5S2. The minimum atomic E-state index is -2.45. The third-order valence-electron chi connectivity index (χ3n) is 4.04. The zero-order valence-corrected chi connectivity index (χ0v) is 16.0. The van der Waals surface area contributed by atoms with Gasteiger partial charge in [-0.25, -0.2) is 13.3 Å². The predicted octanol–water partition coefficient (Wildman–Crippen LogP) is 4.19. The van der Waals surface area contributed by atoms with E-state index in [4.69, 9.17) is 5.11 Å². The van der Waals surface area contributed by atoms with E-state index in [0.29, 0.717) is 10.6 Å². The molecule has 140 valence electrons. The van der Waals surface area contributed by atoms with Crippen molar-refractivity contribution in [2.75, 3.05) is 4.31 Å². The normalized spacial score (nSPS) is 12.0. The van der Waals surface area contributed by atoms with Gasteiger partial charge in [-0.05, 0) is 35.7 Å². The lowest BCUT2D eigenvalue weighted by Gasteiger charge is -2.21. The van der Waals surface area contributed by atoms with Crippen LogP contribution in [0.5, 0.6) is 0 Å². The van der Waals surface area contributed by atoms with Gasteiger partial charge in [0.1, 0.15) is 4.88 Å². The van der Waals surface area contributed by atoms with E-state index >= 15 is 0 Å². The van der Waals surface area contributed by atoms with Crippen molar-refractivity contribution in [3.05, 3.63) is 70.6 Å². The minimum absolute atomic E-state index is 0.0260. The van der Waals surface area contributed by atoms with E-state index < -0.39 is 17.2 Å². The van der Waals surface area contributed by atoms with E-state index in [9.17, 15) is 18.7 Å². The lowest BCUT2D eigenvalue weighted by Crippen LogP contribution is -2.21. The summed E-state index contributed by atoms with van der Waals surface area (Å²) in [5.74, 6) is -1.17. The first kappa shape index (κ1) is 19.2. The number of para-hydroxylation sites is 1. The number of aliphatic hydroxyl groups is 1. The average Bonchev–Trinajstić information content (AvgIpc) is 3.08. The highest BCUT2D eigenvalue weighted by Crippen LogP contribution is 2.41. The van der Waals surface area contributed by atoms with Gasteiger partial charge in [0.15, 0.2) is 0 Å². The maximum Gasteiger partial charge on any atom is 0.348 e. The van der Waals surface area contributed by atoms with Gasteiger partial charge in [0.05, 0.1) is 18.0 Å². The quantitative estimate of drug-likeness (QED) is 0.536. The van der Waals surface area contributed by atoms with Crippen molar-refractivity contribution in [3.8, 4) is 10.4 Å². The molecule has 3 N–H and O–H groups in total. The van der Waals surface area contributed by atoms with Crippen LogP contribution in [0.15, 0.2) is 54.6 Å². The van der Waals surface area contributed by atoms with Crippen molar-refractivity contribution < 1.29 is 23.8 Å². The summed E-state index contributed by atoms with van der Waals surface area (Å²) in [4.78, 5) is 12.4. The molecule has 0 aliphatic carbocycles. The molecule has 0 radical (unpaired) electrons. The molecule has 0 amide bonds. The minimum Gasteiger partial charge on any atom is -0.477 e. The van der Waals surface area contributed by atoms with Crippen LogP contribution in [-0.4, -0.2) is 24.9 Å². The summed E-state index contributed by atoms with van der Waals surface area (Å²) in [5, 5.41) is 18.8. The van der Waals surface area contributed by atoms with Gasteiger partial charge in [-0.15, -0.1) is 11.3 Å². The Morgan fingerprint density at radius 3 is 2.33 bits per heavy atom. The highest BCUT2D eigenvalue weighted by molar-refractivity contribution is 7.81. The second kappa shape index (κ2) is 8.01. The summed E-state index contributed by atoms with van der Waals surface area (Å²) < 4.78 is 23.1. The first-order valence-corrected chi connectivity index (χ1v) is 9.84. The summed E-state index contributed by atoms with van der Waals surface area (Å²) in [6, 6.07) is 15.6. The van der Waals surface area contributed by atoms with Gasteiger partial charge in [0, 0.05) is 4.88 Å². The van der Waals surface area contributed by atoms with Crippen molar-refractivity contribution in [3.63, 3.8) is 0 Å². The van der Waals surface area contributed by atoms with Crippen molar-refractivity contribution in [1.82, 2.24) is 0 Å². The Morgan fingerprint density at radius 1 is 1.11 bits per heavy atom. The fourth-order valence-electron chi connectivity index (χ4n) is 2.69. The topological polar surface area (TPSA) is 98.1 Å². The fourth-order valence-corrected chi connectivity index (χ4v) is 4.42. The maximum atomic E-state index is 12.1. The van der Waals surface area contributed by atoms with E-state index in [0.717, 1.165) is 32.3 Å². The lowest BCUT2D eigenvalue weighted by atomic mass is 10.1. The molecule has 3 rings (SSSR count). The molecule has 6 nitrogen and oxygen atoms in total. The van der Waals surface area contributed by atoms with Crippen molar-refractivity contribution in [2.24, 2.45) is 0 Å². The molecule has 8 heteroatoms. The van der Waals surface area contributed by atoms with Crippen LogP contribution in [0, 0.1) is 6.92 Å². The van der Waals surface area contributed by atoms with Crippen LogP contribution in [0.1, 0.15) is 20.8 Å². The number of thiophene rings is 1. The number of carboxylic acid groups (broad SMARTS) is 1. The van der Waals surface area contributed by atoms with Crippen LogP contribution in [-0.2, 0) is 17.9 Å². The Bertz CT molecular complexity index is 998. The third-order valence-corrected chi connectivity index (χ3v) is 5.90. The van der Waals surface area contributed by atoms with Crippen LogP contribution in [0.4, 0.5) is 11.4 Å². The highest BCUT2D eigenvalue weighted by Gasteiger charge is 2.26. The molecule has 0 spiro atoms. The molecule has 3 aromatic rings. The summed E-state index contributed by atoms with van der Waals surface area (Å²) >= 11 is -1.42. The molecule has 0 saturated carbocycles. The molecule has 1 unspecified atom stereocenters. The van der Waals surface area contributed by atoms with Gasteiger partial charge < -0.3 is 10.2 Å². The molecule has 0 aliphatic rings.